The monoisotopic (exact) mass is 282 g/mol. The minimum absolute atomic E-state index is 0.327. The third-order valence-electron chi connectivity index (χ3n) is 3.81. The average molecular weight is 282 g/mol. The number of nitrogens with two attached hydrogens (primary N) is 1. The fourth-order valence-electron chi connectivity index (χ4n) is 2.75. The van der Waals surface area contributed by atoms with Gasteiger partial charge < -0.3 is 5.73 Å². The summed E-state index contributed by atoms with van der Waals surface area (Å²) in [4.78, 5) is 0.327. The quantitative estimate of drug-likeness (QED) is 0.815. The van der Waals surface area contributed by atoms with Crippen molar-refractivity contribution in [2.75, 3.05) is 12.3 Å². The van der Waals surface area contributed by atoms with Crippen LogP contribution in [0.5, 0.6) is 0 Å². The van der Waals surface area contributed by atoms with E-state index < -0.39 is 10.0 Å². The van der Waals surface area contributed by atoms with E-state index >= 15 is 0 Å². The molecule has 5 heteroatoms. The van der Waals surface area contributed by atoms with Crippen LogP contribution in [-0.2, 0) is 10.0 Å². The summed E-state index contributed by atoms with van der Waals surface area (Å²) in [6.45, 7) is 2.29. The molecule has 1 aliphatic rings. The Morgan fingerprint density at radius 1 is 1.32 bits per heavy atom. The van der Waals surface area contributed by atoms with Crippen LogP contribution in [0.15, 0.2) is 23.1 Å². The molecule has 106 valence electrons. The molecule has 4 nitrogen and oxygen atoms in total. The summed E-state index contributed by atoms with van der Waals surface area (Å²) in [7, 11) is -3.40. The van der Waals surface area contributed by atoms with Gasteiger partial charge in [-0.3, -0.25) is 0 Å². The third-order valence-corrected chi connectivity index (χ3v) is 5.43. The number of nitrogen functional groups attached to an aromatic ring is 1. The summed E-state index contributed by atoms with van der Waals surface area (Å²) in [6, 6.07) is 4.88. The molecular weight excluding hydrogens is 260 g/mol. The van der Waals surface area contributed by atoms with E-state index in [0.717, 1.165) is 6.42 Å². The molecule has 1 aromatic rings. The normalized spacial score (nSPS) is 16.9. The summed E-state index contributed by atoms with van der Waals surface area (Å²) in [6.07, 6.45) is 5.99. The van der Waals surface area contributed by atoms with Gasteiger partial charge in [0.1, 0.15) is 0 Å². The first-order valence-corrected chi connectivity index (χ1v) is 8.33. The summed E-state index contributed by atoms with van der Waals surface area (Å²) < 4.78 is 27.1. The highest BCUT2D eigenvalue weighted by atomic mass is 32.2. The molecule has 1 fully saturated rings. The van der Waals surface area contributed by atoms with E-state index in [2.05, 4.69) is 4.72 Å². The van der Waals surface area contributed by atoms with Gasteiger partial charge in [0.2, 0.25) is 10.0 Å². The SMILES string of the molecule is Cc1cc(N)ccc1S(=O)(=O)NCCC1CCCC1. The number of anilines is 1. The lowest BCUT2D eigenvalue weighted by molar-refractivity contribution is 0.495. The van der Waals surface area contributed by atoms with Crippen LogP contribution in [0.25, 0.3) is 0 Å². The van der Waals surface area contributed by atoms with Crippen LogP contribution < -0.4 is 10.5 Å². The summed E-state index contributed by atoms with van der Waals surface area (Å²) in [5, 5.41) is 0. The first kappa shape index (κ1) is 14.3. The van der Waals surface area contributed by atoms with Crippen molar-refractivity contribution in [1.82, 2.24) is 4.72 Å². The number of nitrogens with one attached hydrogen (secondary N) is 1. The van der Waals surface area contributed by atoms with Gasteiger partial charge in [0.05, 0.1) is 4.90 Å². The van der Waals surface area contributed by atoms with Gasteiger partial charge in [-0.05, 0) is 43.0 Å². The minimum Gasteiger partial charge on any atom is -0.399 e. The van der Waals surface area contributed by atoms with Gasteiger partial charge >= 0.3 is 0 Å². The molecule has 0 radical (unpaired) electrons. The van der Waals surface area contributed by atoms with Crippen molar-refractivity contribution in [3.63, 3.8) is 0 Å². The molecule has 0 amide bonds. The molecule has 0 aliphatic heterocycles. The minimum atomic E-state index is -3.40. The molecule has 0 bridgehead atoms. The molecule has 0 spiro atoms. The molecule has 1 aliphatic carbocycles. The van der Waals surface area contributed by atoms with Gasteiger partial charge in [-0.15, -0.1) is 0 Å². The van der Waals surface area contributed by atoms with Gasteiger partial charge in [-0.1, -0.05) is 25.7 Å². The van der Waals surface area contributed by atoms with E-state index in [1.54, 1.807) is 25.1 Å². The summed E-state index contributed by atoms with van der Waals surface area (Å²) in [5.41, 5.74) is 6.91. The van der Waals surface area contributed by atoms with Crippen LogP contribution in [0.4, 0.5) is 5.69 Å². The molecule has 0 atom stereocenters. The predicted octanol–water partition coefficient (Wildman–Crippen LogP) is 2.44. The number of sulfonamides is 1. The van der Waals surface area contributed by atoms with Crippen LogP contribution in [0, 0.1) is 12.8 Å². The Hall–Kier alpha value is -1.07. The first-order valence-electron chi connectivity index (χ1n) is 6.85. The number of benzene rings is 1. The summed E-state index contributed by atoms with van der Waals surface area (Å²) in [5.74, 6) is 0.690. The molecule has 1 aromatic carbocycles. The average Bonchev–Trinajstić information content (AvgIpc) is 2.81. The second-order valence-electron chi connectivity index (χ2n) is 5.36. The zero-order valence-electron chi connectivity index (χ0n) is 11.4. The van der Waals surface area contributed by atoms with Crippen molar-refractivity contribution in [2.24, 2.45) is 5.92 Å². The lowest BCUT2D eigenvalue weighted by atomic mass is 10.1. The Labute approximate surface area is 115 Å². The van der Waals surface area contributed by atoms with Crippen LogP contribution in [-0.4, -0.2) is 15.0 Å². The molecule has 1 saturated carbocycles. The number of rotatable bonds is 5. The molecule has 19 heavy (non-hydrogen) atoms. The van der Waals surface area contributed by atoms with Crippen molar-refractivity contribution in [1.29, 1.82) is 0 Å². The highest BCUT2D eigenvalue weighted by Gasteiger charge is 2.19. The number of hydrogen-bond acceptors (Lipinski definition) is 3. The standard InChI is InChI=1S/C14H22N2O2S/c1-11-10-13(15)6-7-14(11)19(17,18)16-9-8-12-4-2-3-5-12/h6-7,10,12,16H,2-5,8-9,15H2,1H3. The van der Waals surface area contributed by atoms with Crippen LogP contribution in [0.1, 0.15) is 37.7 Å². The van der Waals surface area contributed by atoms with Crippen molar-refractivity contribution < 1.29 is 8.42 Å². The van der Waals surface area contributed by atoms with E-state index in [9.17, 15) is 8.42 Å². The number of aryl methyl sites for hydroxylation is 1. The zero-order valence-corrected chi connectivity index (χ0v) is 12.2. The fourth-order valence-corrected chi connectivity index (χ4v) is 4.02. The maximum Gasteiger partial charge on any atom is 0.240 e. The van der Waals surface area contributed by atoms with Crippen LogP contribution in [0.2, 0.25) is 0 Å². The molecule has 0 unspecified atom stereocenters. The molecule has 0 aromatic heterocycles. The first-order chi connectivity index (χ1) is 8.99. The van der Waals surface area contributed by atoms with E-state index in [1.165, 1.54) is 25.7 Å². The zero-order chi connectivity index (χ0) is 13.9. The topological polar surface area (TPSA) is 72.2 Å². The van der Waals surface area contributed by atoms with Gasteiger partial charge in [-0.25, -0.2) is 13.1 Å². The van der Waals surface area contributed by atoms with E-state index in [4.69, 9.17) is 5.73 Å². The number of hydrogen-bond donors (Lipinski definition) is 2. The molecule has 2 rings (SSSR count). The highest BCUT2D eigenvalue weighted by Crippen LogP contribution is 2.27. The van der Waals surface area contributed by atoms with E-state index in [0.29, 0.717) is 28.6 Å². The van der Waals surface area contributed by atoms with Gasteiger partial charge in [-0.2, -0.15) is 0 Å². The summed E-state index contributed by atoms with van der Waals surface area (Å²) >= 11 is 0. The lowest BCUT2D eigenvalue weighted by Gasteiger charge is -2.12. The van der Waals surface area contributed by atoms with Crippen LogP contribution >= 0.6 is 0 Å². The highest BCUT2D eigenvalue weighted by molar-refractivity contribution is 7.89. The Balaban J connectivity index is 1.97. The van der Waals surface area contributed by atoms with Crippen molar-refractivity contribution in [2.45, 2.75) is 43.9 Å². The largest absolute Gasteiger partial charge is 0.399 e. The Morgan fingerprint density at radius 3 is 2.63 bits per heavy atom. The molecule has 0 heterocycles. The second-order valence-corrected chi connectivity index (χ2v) is 7.10. The Morgan fingerprint density at radius 2 is 2.00 bits per heavy atom. The van der Waals surface area contributed by atoms with Gasteiger partial charge in [0.15, 0.2) is 0 Å². The molecule has 3 N–H and O–H groups in total. The molecular formula is C14H22N2O2S. The van der Waals surface area contributed by atoms with Crippen molar-refractivity contribution in [3.8, 4) is 0 Å². The predicted molar refractivity (Wildman–Crippen MR) is 77.4 cm³/mol. The second kappa shape index (κ2) is 5.92. The Kier molecular flexibility index (Phi) is 4.47. The van der Waals surface area contributed by atoms with Crippen molar-refractivity contribution >= 4 is 15.7 Å². The van der Waals surface area contributed by atoms with Crippen LogP contribution in [0.3, 0.4) is 0 Å². The van der Waals surface area contributed by atoms with E-state index in [1.807, 2.05) is 0 Å². The smallest absolute Gasteiger partial charge is 0.240 e. The van der Waals surface area contributed by atoms with Gasteiger partial charge in [0, 0.05) is 12.2 Å². The maximum atomic E-state index is 12.2. The fraction of sp³-hybridized carbons (Fsp3) is 0.571. The third kappa shape index (κ3) is 3.70. The Bertz CT molecular complexity index is 534. The van der Waals surface area contributed by atoms with Crippen molar-refractivity contribution in [3.05, 3.63) is 23.8 Å². The van der Waals surface area contributed by atoms with Gasteiger partial charge in [0.25, 0.3) is 0 Å². The maximum absolute atomic E-state index is 12.2. The van der Waals surface area contributed by atoms with E-state index in [-0.39, 0.29) is 0 Å². The molecule has 0 saturated heterocycles. The lowest BCUT2D eigenvalue weighted by Crippen LogP contribution is -2.26.